The molecular formula is C18H31NO4Si. The molecule has 0 unspecified atom stereocenters. The SMILES string of the molecule is COC(=O)[C@H](Nc1ccc(OC)cc1)[C@H](C)O[Si](C)(C)C(C)(C)C. The van der Waals surface area contributed by atoms with Crippen LogP contribution >= 0.6 is 0 Å². The average Bonchev–Trinajstić information content (AvgIpc) is 2.50. The molecule has 0 amide bonds. The highest BCUT2D eigenvalue weighted by Gasteiger charge is 2.41. The molecule has 0 heterocycles. The molecule has 0 bridgehead atoms. The van der Waals surface area contributed by atoms with Crippen molar-refractivity contribution < 1.29 is 18.7 Å². The first-order chi connectivity index (χ1) is 11.0. The van der Waals surface area contributed by atoms with Crippen molar-refractivity contribution in [1.82, 2.24) is 0 Å². The van der Waals surface area contributed by atoms with Crippen LogP contribution in [0.25, 0.3) is 0 Å². The third kappa shape index (κ3) is 5.24. The average molecular weight is 354 g/mol. The molecule has 5 nitrogen and oxygen atoms in total. The van der Waals surface area contributed by atoms with Crippen LogP contribution < -0.4 is 10.1 Å². The highest BCUT2D eigenvalue weighted by molar-refractivity contribution is 6.74. The Morgan fingerprint density at radius 3 is 2.08 bits per heavy atom. The molecule has 24 heavy (non-hydrogen) atoms. The molecule has 1 aromatic rings. The van der Waals surface area contributed by atoms with E-state index in [1.807, 2.05) is 31.2 Å². The Hall–Kier alpha value is -1.53. The molecule has 0 aromatic heterocycles. The monoisotopic (exact) mass is 353 g/mol. The van der Waals surface area contributed by atoms with Crippen LogP contribution in [0.1, 0.15) is 27.7 Å². The lowest BCUT2D eigenvalue weighted by Crippen LogP contribution is -2.50. The summed E-state index contributed by atoms with van der Waals surface area (Å²) in [4.78, 5) is 12.2. The van der Waals surface area contributed by atoms with E-state index in [1.54, 1.807) is 7.11 Å². The van der Waals surface area contributed by atoms with Gasteiger partial charge in [0.2, 0.25) is 0 Å². The van der Waals surface area contributed by atoms with Crippen molar-refractivity contribution in [3.63, 3.8) is 0 Å². The van der Waals surface area contributed by atoms with Crippen LogP contribution in [-0.2, 0) is 14.0 Å². The molecule has 0 fully saturated rings. The van der Waals surface area contributed by atoms with Gasteiger partial charge >= 0.3 is 5.97 Å². The van der Waals surface area contributed by atoms with Crippen molar-refractivity contribution in [2.75, 3.05) is 19.5 Å². The van der Waals surface area contributed by atoms with E-state index in [0.29, 0.717) is 0 Å². The molecule has 1 aromatic carbocycles. The Kier molecular flexibility index (Phi) is 6.86. The molecule has 0 saturated carbocycles. The standard InChI is InChI=1S/C18H31NO4Si/c1-13(23-24(7,8)18(2,3)4)16(17(20)22-6)19-14-9-11-15(21-5)12-10-14/h9-13,16,19H,1-8H3/t13-,16+/m0/s1. The maximum absolute atomic E-state index is 12.2. The zero-order valence-corrected chi connectivity index (χ0v) is 17.1. The Labute approximate surface area is 146 Å². The van der Waals surface area contributed by atoms with Crippen LogP contribution in [0.15, 0.2) is 24.3 Å². The minimum absolute atomic E-state index is 0.0715. The Morgan fingerprint density at radius 1 is 1.12 bits per heavy atom. The topological polar surface area (TPSA) is 56.8 Å². The summed E-state index contributed by atoms with van der Waals surface area (Å²) in [6.07, 6.45) is -0.305. The van der Waals surface area contributed by atoms with Gasteiger partial charge in [-0.1, -0.05) is 20.8 Å². The van der Waals surface area contributed by atoms with Crippen molar-refractivity contribution in [3.05, 3.63) is 24.3 Å². The molecule has 1 N–H and O–H groups in total. The minimum atomic E-state index is -1.99. The number of hydrogen-bond acceptors (Lipinski definition) is 5. The van der Waals surface area contributed by atoms with E-state index in [-0.39, 0.29) is 17.1 Å². The van der Waals surface area contributed by atoms with Crippen LogP contribution in [0.4, 0.5) is 5.69 Å². The van der Waals surface area contributed by atoms with Crippen LogP contribution in [0, 0.1) is 0 Å². The van der Waals surface area contributed by atoms with Gasteiger partial charge in [-0.2, -0.15) is 0 Å². The van der Waals surface area contributed by atoms with Crippen molar-refractivity contribution in [2.45, 2.75) is 58.0 Å². The lowest BCUT2D eigenvalue weighted by atomic mass is 10.1. The second-order valence-electron chi connectivity index (χ2n) is 7.46. The van der Waals surface area contributed by atoms with Crippen LogP contribution in [0.5, 0.6) is 5.75 Å². The second-order valence-corrected chi connectivity index (χ2v) is 12.2. The smallest absolute Gasteiger partial charge is 0.330 e. The van der Waals surface area contributed by atoms with Gasteiger partial charge in [0, 0.05) is 5.69 Å². The molecule has 0 aliphatic heterocycles. The molecule has 0 aliphatic carbocycles. The molecule has 2 atom stereocenters. The number of carbonyl (C=O) groups is 1. The fraction of sp³-hybridized carbons (Fsp3) is 0.611. The molecule has 0 radical (unpaired) electrons. The maximum atomic E-state index is 12.2. The fourth-order valence-corrected chi connectivity index (χ4v) is 3.49. The van der Waals surface area contributed by atoms with Gasteiger partial charge in [-0.25, -0.2) is 4.79 Å². The van der Waals surface area contributed by atoms with Gasteiger partial charge in [0.15, 0.2) is 8.32 Å². The van der Waals surface area contributed by atoms with Gasteiger partial charge in [-0.05, 0) is 49.3 Å². The Morgan fingerprint density at radius 2 is 1.67 bits per heavy atom. The number of nitrogens with one attached hydrogen (secondary N) is 1. The molecule has 0 spiro atoms. The predicted molar refractivity (Wildman–Crippen MR) is 100 cm³/mol. The highest BCUT2D eigenvalue weighted by Crippen LogP contribution is 2.37. The number of benzene rings is 1. The summed E-state index contributed by atoms with van der Waals surface area (Å²) >= 11 is 0. The van der Waals surface area contributed by atoms with E-state index in [9.17, 15) is 4.79 Å². The van der Waals surface area contributed by atoms with Crippen LogP contribution in [0.2, 0.25) is 18.1 Å². The van der Waals surface area contributed by atoms with Gasteiger partial charge in [0.1, 0.15) is 11.8 Å². The zero-order valence-electron chi connectivity index (χ0n) is 16.1. The molecule has 0 saturated heterocycles. The number of hydrogen-bond donors (Lipinski definition) is 1. The van der Waals surface area contributed by atoms with E-state index in [0.717, 1.165) is 11.4 Å². The summed E-state index contributed by atoms with van der Waals surface area (Å²) in [6, 6.07) is 6.85. The van der Waals surface area contributed by atoms with Gasteiger partial charge in [-0.15, -0.1) is 0 Å². The van der Waals surface area contributed by atoms with Crippen LogP contribution in [-0.4, -0.2) is 40.7 Å². The minimum Gasteiger partial charge on any atom is -0.497 e. The zero-order chi connectivity index (χ0) is 18.5. The first kappa shape index (κ1) is 20.5. The van der Waals surface area contributed by atoms with E-state index in [1.165, 1.54) is 7.11 Å². The number of ether oxygens (including phenoxy) is 2. The maximum Gasteiger partial charge on any atom is 0.330 e. The molecule has 0 aliphatic rings. The number of esters is 1. The van der Waals surface area contributed by atoms with Gasteiger partial charge in [-0.3, -0.25) is 0 Å². The lowest BCUT2D eigenvalue weighted by Gasteiger charge is -2.40. The molecular weight excluding hydrogens is 322 g/mol. The third-order valence-corrected chi connectivity index (χ3v) is 9.20. The first-order valence-electron chi connectivity index (χ1n) is 8.18. The summed E-state index contributed by atoms with van der Waals surface area (Å²) in [5.74, 6) is 0.428. The van der Waals surface area contributed by atoms with Gasteiger partial charge in [0.25, 0.3) is 0 Å². The van der Waals surface area contributed by atoms with Gasteiger partial charge < -0.3 is 19.2 Å². The fourth-order valence-electron chi connectivity index (χ4n) is 2.07. The first-order valence-corrected chi connectivity index (χ1v) is 11.1. The van der Waals surface area contributed by atoms with Gasteiger partial charge in [0.05, 0.1) is 20.3 Å². The van der Waals surface area contributed by atoms with Crippen molar-refractivity contribution >= 4 is 20.0 Å². The van der Waals surface area contributed by atoms with E-state index in [2.05, 4.69) is 39.2 Å². The molecule has 1 rings (SSSR count). The molecule has 136 valence electrons. The highest BCUT2D eigenvalue weighted by atomic mass is 28.4. The number of anilines is 1. The quantitative estimate of drug-likeness (QED) is 0.592. The van der Waals surface area contributed by atoms with E-state index >= 15 is 0 Å². The van der Waals surface area contributed by atoms with E-state index in [4.69, 9.17) is 13.9 Å². The van der Waals surface area contributed by atoms with Crippen LogP contribution in [0.3, 0.4) is 0 Å². The summed E-state index contributed by atoms with van der Waals surface area (Å²) in [5, 5.41) is 3.29. The predicted octanol–water partition coefficient (Wildman–Crippen LogP) is 4.06. The lowest BCUT2D eigenvalue weighted by molar-refractivity contribution is -0.143. The summed E-state index contributed by atoms with van der Waals surface area (Å²) in [6.45, 7) is 12.8. The van der Waals surface area contributed by atoms with Crippen molar-refractivity contribution in [2.24, 2.45) is 0 Å². The number of carbonyl (C=O) groups excluding carboxylic acids is 1. The second kappa shape index (κ2) is 8.03. The van der Waals surface area contributed by atoms with Crippen molar-refractivity contribution in [3.8, 4) is 5.75 Å². The molecule has 6 heteroatoms. The largest absolute Gasteiger partial charge is 0.497 e. The number of methoxy groups -OCH3 is 2. The Bertz CT molecular complexity index is 537. The summed E-state index contributed by atoms with van der Waals surface area (Å²) in [7, 11) is 1.02. The third-order valence-electron chi connectivity index (χ3n) is 4.62. The summed E-state index contributed by atoms with van der Waals surface area (Å²) in [5.41, 5.74) is 0.817. The normalized spacial score (nSPS) is 14.7. The van der Waals surface area contributed by atoms with Crippen molar-refractivity contribution in [1.29, 1.82) is 0 Å². The van der Waals surface area contributed by atoms with E-state index < -0.39 is 14.4 Å². The number of rotatable bonds is 7. The Balaban J connectivity index is 2.93. The summed E-state index contributed by atoms with van der Waals surface area (Å²) < 4.78 is 16.5.